The molecule has 3 atom stereocenters. The van der Waals surface area contributed by atoms with E-state index in [1.807, 2.05) is 6.92 Å². The van der Waals surface area contributed by atoms with E-state index in [0.717, 1.165) is 43.1 Å². The van der Waals surface area contributed by atoms with Crippen molar-refractivity contribution in [2.75, 3.05) is 19.8 Å². The quantitative estimate of drug-likeness (QED) is 0.563. The number of hydrogen-bond acceptors (Lipinski definition) is 2. The van der Waals surface area contributed by atoms with Crippen LogP contribution in [0.3, 0.4) is 0 Å². The first-order valence-electron chi connectivity index (χ1n) is 6.91. The molecule has 0 aromatic heterocycles. The molecular formula is C13H24N2OS. The minimum Gasteiger partial charge on any atom is -0.382 e. The Labute approximate surface area is 110 Å². The average molecular weight is 256 g/mol. The third kappa shape index (κ3) is 3.81. The summed E-state index contributed by atoms with van der Waals surface area (Å²) in [7, 11) is 0. The van der Waals surface area contributed by atoms with E-state index < -0.39 is 0 Å². The van der Waals surface area contributed by atoms with E-state index in [1.165, 1.54) is 25.7 Å². The third-order valence-corrected chi connectivity index (χ3v) is 4.27. The minimum atomic E-state index is 0.639. The fourth-order valence-corrected chi connectivity index (χ4v) is 3.41. The Bertz CT molecular complexity index is 260. The standard InChI is InChI=1S/C13H24N2OS/c1-2-16-7-3-6-14-13(17)15-12-9-10-4-5-11(12)8-10/h10-12H,2-9H2,1H3,(H2,14,15,17). The van der Waals surface area contributed by atoms with Crippen molar-refractivity contribution in [3.63, 3.8) is 0 Å². The normalized spacial score (nSPS) is 30.5. The largest absolute Gasteiger partial charge is 0.382 e. The Morgan fingerprint density at radius 3 is 2.88 bits per heavy atom. The molecule has 4 heteroatoms. The molecule has 2 aliphatic carbocycles. The molecule has 0 spiro atoms. The highest BCUT2D eigenvalue weighted by atomic mass is 32.1. The van der Waals surface area contributed by atoms with Gasteiger partial charge in [-0.25, -0.2) is 0 Å². The van der Waals surface area contributed by atoms with Crippen LogP contribution < -0.4 is 10.6 Å². The molecule has 0 saturated heterocycles. The van der Waals surface area contributed by atoms with Gasteiger partial charge in [0.15, 0.2) is 5.11 Å². The first-order valence-corrected chi connectivity index (χ1v) is 7.32. The summed E-state index contributed by atoms with van der Waals surface area (Å²) >= 11 is 5.32. The van der Waals surface area contributed by atoms with Gasteiger partial charge in [-0.05, 0) is 56.7 Å². The van der Waals surface area contributed by atoms with E-state index in [2.05, 4.69) is 10.6 Å². The van der Waals surface area contributed by atoms with Gasteiger partial charge in [0.1, 0.15) is 0 Å². The van der Waals surface area contributed by atoms with Gasteiger partial charge in [-0.3, -0.25) is 0 Å². The predicted molar refractivity (Wildman–Crippen MR) is 74.1 cm³/mol. The van der Waals surface area contributed by atoms with Gasteiger partial charge in [0.25, 0.3) is 0 Å². The highest BCUT2D eigenvalue weighted by Crippen LogP contribution is 2.44. The summed E-state index contributed by atoms with van der Waals surface area (Å²) in [6, 6.07) is 0.639. The maximum absolute atomic E-state index is 5.32. The maximum Gasteiger partial charge on any atom is 0.166 e. The lowest BCUT2D eigenvalue weighted by Gasteiger charge is -2.24. The van der Waals surface area contributed by atoms with Crippen LogP contribution in [-0.2, 0) is 4.74 Å². The van der Waals surface area contributed by atoms with Crippen molar-refractivity contribution < 1.29 is 4.74 Å². The van der Waals surface area contributed by atoms with Crippen LogP contribution in [0.5, 0.6) is 0 Å². The minimum absolute atomic E-state index is 0.639. The van der Waals surface area contributed by atoms with Crippen molar-refractivity contribution in [2.45, 2.75) is 45.1 Å². The van der Waals surface area contributed by atoms with Crippen LogP contribution in [0.4, 0.5) is 0 Å². The molecule has 17 heavy (non-hydrogen) atoms. The molecule has 0 radical (unpaired) electrons. The van der Waals surface area contributed by atoms with Gasteiger partial charge in [-0.1, -0.05) is 6.42 Å². The van der Waals surface area contributed by atoms with Crippen LogP contribution in [0.15, 0.2) is 0 Å². The van der Waals surface area contributed by atoms with Crippen molar-refractivity contribution >= 4 is 17.3 Å². The molecule has 2 N–H and O–H groups in total. The molecule has 0 aliphatic heterocycles. The molecular weight excluding hydrogens is 232 g/mol. The monoisotopic (exact) mass is 256 g/mol. The third-order valence-electron chi connectivity index (χ3n) is 4.01. The van der Waals surface area contributed by atoms with Crippen LogP contribution in [0.25, 0.3) is 0 Å². The van der Waals surface area contributed by atoms with Gasteiger partial charge < -0.3 is 15.4 Å². The second-order valence-corrected chi connectivity index (χ2v) is 5.64. The lowest BCUT2D eigenvalue weighted by atomic mass is 9.96. The van der Waals surface area contributed by atoms with Crippen LogP contribution in [0, 0.1) is 11.8 Å². The molecule has 0 aromatic carbocycles. The van der Waals surface area contributed by atoms with Gasteiger partial charge in [0, 0.05) is 25.8 Å². The molecule has 3 unspecified atom stereocenters. The summed E-state index contributed by atoms with van der Waals surface area (Å²) in [6.45, 7) is 4.55. The molecule has 2 rings (SSSR count). The van der Waals surface area contributed by atoms with Crippen molar-refractivity contribution in [3.8, 4) is 0 Å². The van der Waals surface area contributed by atoms with Crippen molar-refractivity contribution in [3.05, 3.63) is 0 Å². The first-order chi connectivity index (χ1) is 8.29. The zero-order valence-corrected chi connectivity index (χ0v) is 11.5. The number of hydrogen-bond donors (Lipinski definition) is 2. The number of fused-ring (bicyclic) bond motifs is 2. The van der Waals surface area contributed by atoms with Crippen LogP contribution in [-0.4, -0.2) is 30.9 Å². The Hall–Kier alpha value is -0.350. The molecule has 2 fully saturated rings. The summed E-state index contributed by atoms with van der Waals surface area (Å²) < 4.78 is 5.29. The molecule has 2 bridgehead atoms. The Kier molecular flexibility index (Phi) is 5.04. The number of rotatable bonds is 6. The van der Waals surface area contributed by atoms with E-state index in [9.17, 15) is 0 Å². The second-order valence-electron chi connectivity index (χ2n) is 5.23. The molecule has 0 heterocycles. The van der Waals surface area contributed by atoms with E-state index in [0.29, 0.717) is 6.04 Å². The lowest BCUT2D eigenvalue weighted by molar-refractivity contribution is 0.145. The molecule has 3 nitrogen and oxygen atoms in total. The predicted octanol–water partition coefficient (Wildman–Crippen LogP) is 2.07. The highest BCUT2D eigenvalue weighted by molar-refractivity contribution is 7.80. The molecule has 2 aliphatic rings. The summed E-state index contributed by atoms with van der Waals surface area (Å²) in [5.74, 6) is 1.85. The molecule has 0 amide bonds. The van der Waals surface area contributed by atoms with Crippen LogP contribution in [0.1, 0.15) is 39.0 Å². The SMILES string of the molecule is CCOCCCNC(=S)NC1CC2CCC1C2. The average Bonchev–Trinajstić information content (AvgIpc) is 2.90. The number of ether oxygens (including phenoxy) is 1. The molecule has 2 saturated carbocycles. The Morgan fingerprint density at radius 2 is 2.24 bits per heavy atom. The Morgan fingerprint density at radius 1 is 1.35 bits per heavy atom. The molecule has 98 valence electrons. The van der Waals surface area contributed by atoms with E-state index >= 15 is 0 Å². The maximum atomic E-state index is 5.32. The van der Waals surface area contributed by atoms with E-state index in [-0.39, 0.29) is 0 Å². The lowest BCUT2D eigenvalue weighted by Crippen LogP contribution is -2.44. The van der Waals surface area contributed by atoms with Gasteiger partial charge in [0.05, 0.1) is 0 Å². The topological polar surface area (TPSA) is 33.3 Å². The summed E-state index contributed by atoms with van der Waals surface area (Å²) in [5.41, 5.74) is 0. The van der Waals surface area contributed by atoms with Crippen molar-refractivity contribution in [2.24, 2.45) is 11.8 Å². The van der Waals surface area contributed by atoms with Crippen LogP contribution >= 0.6 is 12.2 Å². The molecule has 0 aromatic rings. The van der Waals surface area contributed by atoms with Gasteiger partial charge >= 0.3 is 0 Å². The van der Waals surface area contributed by atoms with Crippen molar-refractivity contribution in [1.82, 2.24) is 10.6 Å². The first kappa shape index (κ1) is 13.1. The van der Waals surface area contributed by atoms with Gasteiger partial charge in [-0.2, -0.15) is 0 Å². The highest BCUT2D eigenvalue weighted by Gasteiger charge is 2.39. The summed E-state index contributed by atoms with van der Waals surface area (Å²) in [5, 5.41) is 7.58. The van der Waals surface area contributed by atoms with E-state index in [1.54, 1.807) is 0 Å². The zero-order valence-electron chi connectivity index (χ0n) is 10.7. The summed E-state index contributed by atoms with van der Waals surface area (Å²) in [6.07, 6.45) is 6.61. The smallest absolute Gasteiger partial charge is 0.166 e. The number of thiocarbonyl (C=S) groups is 1. The van der Waals surface area contributed by atoms with E-state index in [4.69, 9.17) is 17.0 Å². The summed E-state index contributed by atoms with van der Waals surface area (Å²) in [4.78, 5) is 0. The van der Waals surface area contributed by atoms with Crippen LogP contribution in [0.2, 0.25) is 0 Å². The second kappa shape index (κ2) is 6.55. The van der Waals surface area contributed by atoms with Gasteiger partial charge in [-0.15, -0.1) is 0 Å². The fraction of sp³-hybridized carbons (Fsp3) is 0.923. The zero-order chi connectivity index (χ0) is 12.1. The fourth-order valence-electron chi connectivity index (χ4n) is 3.16. The van der Waals surface area contributed by atoms with Gasteiger partial charge in [0.2, 0.25) is 0 Å². The van der Waals surface area contributed by atoms with Crippen molar-refractivity contribution in [1.29, 1.82) is 0 Å². The number of nitrogens with one attached hydrogen (secondary N) is 2. The Balaban J connectivity index is 1.55.